The first-order valence-electron chi connectivity index (χ1n) is 4.87. The van der Waals surface area contributed by atoms with Gasteiger partial charge >= 0.3 is 11.7 Å². The van der Waals surface area contributed by atoms with Gasteiger partial charge in [0.2, 0.25) is 0 Å². The zero-order valence-corrected chi connectivity index (χ0v) is 9.12. The Kier molecular flexibility index (Phi) is 4.21. The first kappa shape index (κ1) is 12.7. The van der Waals surface area contributed by atoms with E-state index in [1.165, 1.54) is 18.2 Å². The Morgan fingerprint density at radius 2 is 2.29 bits per heavy atom. The molecule has 0 saturated heterocycles. The smallest absolute Gasteiger partial charge is 0.328 e. The van der Waals surface area contributed by atoms with E-state index in [0.29, 0.717) is 12.2 Å². The fraction of sp³-hybridized carbons (Fsp3) is 0.182. The maximum atomic E-state index is 10.8. The van der Waals surface area contributed by atoms with Crippen LogP contribution in [0.3, 0.4) is 0 Å². The summed E-state index contributed by atoms with van der Waals surface area (Å²) in [6, 6.07) is 4.27. The Labute approximate surface area is 97.3 Å². The van der Waals surface area contributed by atoms with Crippen LogP contribution in [0.2, 0.25) is 0 Å². The molecule has 0 amide bonds. The van der Waals surface area contributed by atoms with Gasteiger partial charge in [-0.1, -0.05) is 6.07 Å². The molecule has 0 radical (unpaired) electrons. The highest BCUT2D eigenvalue weighted by molar-refractivity contribution is 5.85. The van der Waals surface area contributed by atoms with Gasteiger partial charge in [0.05, 0.1) is 11.5 Å². The maximum Gasteiger partial charge on any atom is 0.328 e. The Bertz CT molecular complexity index is 467. The number of carbonyl (C=O) groups is 1. The Hall–Kier alpha value is -2.37. The summed E-state index contributed by atoms with van der Waals surface area (Å²) in [5.74, 6) is -0.938. The van der Waals surface area contributed by atoms with E-state index in [9.17, 15) is 14.9 Å². The minimum atomic E-state index is -1.11. The zero-order chi connectivity index (χ0) is 12.8. The van der Waals surface area contributed by atoms with Gasteiger partial charge in [-0.3, -0.25) is 10.1 Å². The summed E-state index contributed by atoms with van der Waals surface area (Å²) in [5.41, 5.74) is 0.252. The lowest BCUT2D eigenvalue weighted by molar-refractivity contribution is -0.385. The number of carboxylic acid groups (broad SMARTS) is 1. The van der Waals surface area contributed by atoms with E-state index in [1.54, 1.807) is 13.0 Å². The Balaban J connectivity index is 3.09. The molecule has 0 heterocycles. The van der Waals surface area contributed by atoms with E-state index >= 15 is 0 Å². The van der Waals surface area contributed by atoms with Crippen LogP contribution < -0.4 is 4.74 Å². The highest BCUT2D eigenvalue weighted by atomic mass is 16.6. The number of carboxylic acids is 1. The molecule has 0 aliphatic rings. The van der Waals surface area contributed by atoms with Gasteiger partial charge in [-0.15, -0.1) is 0 Å². The highest BCUT2D eigenvalue weighted by Gasteiger charge is 2.14. The van der Waals surface area contributed by atoms with Gasteiger partial charge in [-0.05, 0) is 24.6 Å². The fourth-order valence-electron chi connectivity index (χ4n) is 1.23. The number of hydrogen-bond acceptors (Lipinski definition) is 4. The molecule has 0 atom stereocenters. The predicted octanol–water partition coefficient (Wildman–Crippen LogP) is 2.09. The van der Waals surface area contributed by atoms with Gasteiger partial charge in [0.15, 0.2) is 5.75 Å². The third-order valence-corrected chi connectivity index (χ3v) is 1.90. The molecule has 0 spiro atoms. The largest absolute Gasteiger partial charge is 0.487 e. The van der Waals surface area contributed by atoms with E-state index in [4.69, 9.17) is 9.84 Å². The molecule has 0 unspecified atom stereocenters. The molecule has 0 fully saturated rings. The van der Waals surface area contributed by atoms with E-state index in [2.05, 4.69) is 0 Å². The molecule has 0 aliphatic carbocycles. The van der Waals surface area contributed by atoms with Crippen molar-refractivity contribution in [2.75, 3.05) is 6.61 Å². The van der Waals surface area contributed by atoms with E-state index in [-0.39, 0.29) is 11.4 Å². The van der Waals surface area contributed by atoms with Gasteiger partial charge in [0.1, 0.15) is 0 Å². The molecule has 1 aromatic carbocycles. The summed E-state index contributed by atoms with van der Waals surface area (Å²) in [6.45, 7) is 2.05. The average molecular weight is 237 g/mol. The molecule has 0 saturated carbocycles. The number of ether oxygens (including phenoxy) is 1. The summed E-state index contributed by atoms with van der Waals surface area (Å²) < 4.78 is 5.10. The van der Waals surface area contributed by atoms with Crippen LogP contribution >= 0.6 is 0 Å². The maximum absolute atomic E-state index is 10.8. The summed E-state index contributed by atoms with van der Waals surface area (Å²) in [4.78, 5) is 20.5. The minimum absolute atomic E-state index is 0.171. The van der Waals surface area contributed by atoms with Crippen LogP contribution in [0.4, 0.5) is 5.69 Å². The van der Waals surface area contributed by atoms with Crippen molar-refractivity contribution >= 4 is 17.7 Å². The minimum Gasteiger partial charge on any atom is -0.487 e. The molecule has 1 aromatic rings. The van der Waals surface area contributed by atoms with Crippen molar-refractivity contribution in [1.29, 1.82) is 0 Å². The standard InChI is InChI=1S/C11H11NO5/c1-2-17-10-5-3-8(4-6-11(13)14)7-9(10)12(15)16/h3-7H,2H2,1H3,(H,13,14)/b6-4-. The SMILES string of the molecule is CCOc1ccc(/C=C\C(=O)O)cc1[N+](=O)[O-]. The average Bonchev–Trinajstić information content (AvgIpc) is 2.27. The van der Waals surface area contributed by atoms with Crippen LogP contribution in [0.15, 0.2) is 24.3 Å². The van der Waals surface area contributed by atoms with Crippen LogP contribution in [0.1, 0.15) is 12.5 Å². The third-order valence-electron chi connectivity index (χ3n) is 1.90. The van der Waals surface area contributed by atoms with Gasteiger partial charge in [0, 0.05) is 12.1 Å². The first-order valence-corrected chi connectivity index (χ1v) is 4.87. The molecule has 0 bridgehead atoms. The number of hydrogen-bond donors (Lipinski definition) is 1. The van der Waals surface area contributed by atoms with Crippen LogP contribution in [0.5, 0.6) is 5.75 Å². The van der Waals surface area contributed by atoms with Crippen molar-refractivity contribution in [3.8, 4) is 5.75 Å². The topological polar surface area (TPSA) is 89.7 Å². The zero-order valence-electron chi connectivity index (χ0n) is 9.12. The number of nitro benzene ring substituents is 1. The van der Waals surface area contributed by atoms with Crippen LogP contribution in [-0.4, -0.2) is 22.6 Å². The van der Waals surface area contributed by atoms with E-state index < -0.39 is 10.9 Å². The van der Waals surface area contributed by atoms with Crippen LogP contribution in [-0.2, 0) is 4.79 Å². The molecule has 17 heavy (non-hydrogen) atoms. The molecule has 1 rings (SSSR count). The number of nitrogens with zero attached hydrogens (tertiary/aromatic N) is 1. The van der Waals surface area contributed by atoms with E-state index in [1.807, 2.05) is 0 Å². The predicted molar refractivity (Wildman–Crippen MR) is 60.9 cm³/mol. The van der Waals surface area contributed by atoms with Crippen LogP contribution in [0.25, 0.3) is 6.08 Å². The third kappa shape index (κ3) is 3.60. The number of aliphatic carboxylic acids is 1. The first-order chi connectivity index (χ1) is 8.04. The van der Waals surface area contributed by atoms with Gasteiger partial charge in [-0.2, -0.15) is 0 Å². The quantitative estimate of drug-likeness (QED) is 0.481. The van der Waals surface area contributed by atoms with Crippen molar-refractivity contribution in [3.05, 3.63) is 40.0 Å². The molecular weight excluding hydrogens is 226 g/mol. The molecule has 1 N–H and O–H groups in total. The summed E-state index contributed by atoms with van der Waals surface area (Å²) in [5, 5.41) is 19.2. The number of rotatable bonds is 5. The summed E-state index contributed by atoms with van der Waals surface area (Å²) in [7, 11) is 0. The lowest BCUT2D eigenvalue weighted by atomic mass is 10.1. The van der Waals surface area contributed by atoms with Gasteiger partial charge in [0.25, 0.3) is 0 Å². The molecular formula is C11H11NO5. The van der Waals surface area contributed by atoms with Crippen molar-refractivity contribution < 1.29 is 19.6 Å². The summed E-state index contributed by atoms with van der Waals surface area (Å²) in [6.07, 6.45) is 2.20. The Morgan fingerprint density at radius 1 is 1.59 bits per heavy atom. The molecule has 6 nitrogen and oxygen atoms in total. The van der Waals surface area contributed by atoms with Gasteiger partial charge < -0.3 is 9.84 Å². The van der Waals surface area contributed by atoms with Crippen molar-refractivity contribution in [3.63, 3.8) is 0 Å². The summed E-state index contributed by atoms with van der Waals surface area (Å²) >= 11 is 0. The second kappa shape index (κ2) is 5.64. The second-order valence-corrected chi connectivity index (χ2v) is 3.09. The number of nitro groups is 1. The normalized spacial score (nSPS) is 10.4. The lowest BCUT2D eigenvalue weighted by Crippen LogP contribution is -1.97. The van der Waals surface area contributed by atoms with Crippen molar-refractivity contribution in [1.82, 2.24) is 0 Å². The molecule has 0 aromatic heterocycles. The van der Waals surface area contributed by atoms with Crippen molar-refractivity contribution in [2.45, 2.75) is 6.92 Å². The fourth-order valence-corrected chi connectivity index (χ4v) is 1.23. The van der Waals surface area contributed by atoms with Crippen LogP contribution in [0, 0.1) is 10.1 Å². The highest BCUT2D eigenvalue weighted by Crippen LogP contribution is 2.28. The van der Waals surface area contributed by atoms with Gasteiger partial charge in [-0.25, -0.2) is 4.79 Å². The Morgan fingerprint density at radius 3 is 2.82 bits per heavy atom. The second-order valence-electron chi connectivity index (χ2n) is 3.09. The lowest BCUT2D eigenvalue weighted by Gasteiger charge is -2.04. The van der Waals surface area contributed by atoms with Crippen molar-refractivity contribution in [2.24, 2.45) is 0 Å². The van der Waals surface area contributed by atoms with E-state index in [0.717, 1.165) is 6.08 Å². The molecule has 90 valence electrons. The number of benzene rings is 1. The monoisotopic (exact) mass is 237 g/mol. The molecule has 0 aliphatic heterocycles. The molecule has 6 heteroatoms.